The molecule has 6 heteroatoms. The molecule has 6 nitrogen and oxygen atoms in total. The highest BCUT2D eigenvalue weighted by Crippen LogP contribution is 2.31. The number of nitrogens with zero attached hydrogens (tertiary/aromatic N) is 2. The van der Waals surface area contributed by atoms with E-state index in [-0.39, 0.29) is 12.0 Å². The highest BCUT2D eigenvalue weighted by atomic mass is 16.5. The summed E-state index contributed by atoms with van der Waals surface area (Å²) < 4.78 is 11.7. The third-order valence-corrected chi connectivity index (χ3v) is 5.65. The van der Waals surface area contributed by atoms with Gasteiger partial charge in [0.15, 0.2) is 11.5 Å². The van der Waals surface area contributed by atoms with Crippen LogP contribution in [-0.4, -0.2) is 75.2 Å². The van der Waals surface area contributed by atoms with Crippen molar-refractivity contribution in [3.63, 3.8) is 0 Å². The average molecular weight is 418 g/mol. The van der Waals surface area contributed by atoms with Crippen LogP contribution in [0.25, 0.3) is 0 Å². The van der Waals surface area contributed by atoms with Gasteiger partial charge in [0.25, 0.3) is 5.91 Å². The Bertz CT molecular complexity index is 697. The first-order valence-corrected chi connectivity index (χ1v) is 11.0. The largest absolute Gasteiger partial charge is 0.493 e. The van der Waals surface area contributed by atoms with Crippen LogP contribution in [0.4, 0.5) is 0 Å². The van der Waals surface area contributed by atoms with Crippen LogP contribution >= 0.6 is 0 Å². The number of nitrogens with one attached hydrogen (secondary N) is 1. The highest BCUT2D eigenvalue weighted by molar-refractivity contribution is 5.94. The van der Waals surface area contributed by atoms with E-state index in [0.717, 1.165) is 45.3 Å². The second-order valence-electron chi connectivity index (χ2n) is 8.62. The smallest absolute Gasteiger partial charge is 0.251 e. The summed E-state index contributed by atoms with van der Waals surface area (Å²) in [7, 11) is 5.60. The Balaban J connectivity index is 1.92. The molecule has 0 bridgehead atoms. The van der Waals surface area contributed by atoms with Crippen LogP contribution in [0.1, 0.15) is 49.9 Å². The topological polar surface area (TPSA) is 54.0 Å². The van der Waals surface area contributed by atoms with Crippen LogP contribution < -0.4 is 14.8 Å². The van der Waals surface area contributed by atoms with E-state index in [2.05, 4.69) is 30.6 Å². The fraction of sp³-hybridized carbons (Fsp3) is 0.625. The number of rotatable bonds is 11. The lowest BCUT2D eigenvalue weighted by molar-refractivity contribution is 0.0755. The molecule has 1 aromatic carbocycles. The van der Waals surface area contributed by atoms with Gasteiger partial charge in [-0.2, -0.15) is 0 Å². The summed E-state index contributed by atoms with van der Waals surface area (Å²) in [5.74, 6) is 1.22. The maximum absolute atomic E-state index is 12.5. The summed E-state index contributed by atoms with van der Waals surface area (Å²) in [4.78, 5) is 17.0. The van der Waals surface area contributed by atoms with Gasteiger partial charge in [0.1, 0.15) is 6.10 Å². The van der Waals surface area contributed by atoms with Crippen LogP contribution in [0.2, 0.25) is 0 Å². The summed E-state index contributed by atoms with van der Waals surface area (Å²) >= 11 is 0. The van der Waals surface area contributed by atoms with Crippen molar-refractivity contribution in [1.82, 2.24) is 15.1 Å². The normalized spacial score (nSPS) is 16.3. The van der Waals surface area contributed by atoms with Gasteiger partial charge in [-0.15, -0.1) is 6.58 Å². The summed E-state index contributed by atoms with van der Waals surface area (Å²) in [5, 5.41) is 2.95. The number of benzene rings is 1. The molecule has 1 amide bonds. The molecule has 1 saturated heterocycles. The number of methoxy groups -OCH3 is 1. The summed E-state index contributed by atoms with van der Waals surface area (Å²) in [5.41, 5.74) is 1.84. The first kappa shape index (κ1) is 24.2. The second kappa shape index (κ2) is 12.0. The van der Waals surface area contributed by atoms with Gasteiger partial charge in [0, 0.05) is 37.8 Å². The molecule has 30 heavy (non-hydrogen) atoms. The number of amides is 1. The van der Waals surface area contributed by atoms with Gasteiger partial charge in [0.05, 0.1) is 7.11 Å². The number of piperidine rings is 1. The van der Waals surface area contributed by atoms with Gasteiger partial charge in [-0.1, -0.05) is 5.57 Å². The molecule has 0 saturated carbocycles. The van der Waals surface area contributed by atoms with Gasteiger partial charge < -0.3 is 24.6 Å². The summed E-state index contributed by atoms with van der Waals surface area (Å²) in [6.45, 7) is 11.9. The lowest BCUT2D eigenvalue weighted by atomic mass is 10.0. The van der Waals surface area contributed by atoms with E-state index in [9.17, 15) is 4.79 Å². The molecule has 0 spiro atoms. The van der Waals surface area contributed by atoms with Crippen molar-refractivity contribution < 1.29 is 14.3 Å². The number of carbonyl (C=O) groups excluding carboxylic acids is 1. The van der Waals surface area contributed by atoms with Gasteiger partial charge in [0.2, 0.25) is 0 Å². The maximum atomic E-state index is 12.5. The Hall–Kier alpha value is -2.05. The SMILES string of the molecule is C=C(C)CC[C@H](C)N1CCC(Oc2cc(C(=O)NCCN(C)C)ccc2OC)CC1. The molecule has 1 aromatic rings. The molecule has 0 radical (unpaired) electrons. The van der Waals surface area contributed by atoms with E-state index in [4.69, 9.17) is 9.47 Å². The molecular weight excluding hydrogens is 378 g/mol. The quantitative estimate of drug-likeness (QED) is 0.558. The number of ether oxygens (including phenoxy) is 2. The van der Waals surface area contributed by atoms with E-state index in [0.29, 0.717) is 29.6 Å². The molecule has 1 atom stereocenters. The van der Waals surface area contributed by atoms with Crippen molar-refractivity contribution in [2.24, 2.45) is 0 Å². The fourth-order valence-corrected chi connectivity index (χ4v) is 3.66. The highest BCUT2D eigenvalue weighted by Gasteiger charge is 2.25. The third-order valence-electron chi connectivity index (χ3n) is 5.65. The Kier molecular flexibility index (Phi) is 9.66. The molecule has 1 N–H and O–H groups in total. The first-order valence-electron chi connectivity index (χ1n) is 11.0. The van der Waals surface area contributed by atoms with Crippen molar-refractivity contribution in [2.75, 3.05) is 47.4 Å². The predicted octanol–water partition coefficient (Wildman–Crippen LogP) is 3.57. The molecule has 0 aliphatic carbocycles. The average Bonchev–Trinajstić information content (AvgIpc) is 2.72. The van der Waals surface area contributed by atoms with Gasteiger partial charge >= 0.3 is 0 Å². The lowest BCUT2D eigenvalue weighted by Crippen LogP contribution is -2.43. The number of likely N-dealkylation sites (N-methyl/N-ethyl adjacent to an activating group) is 1. The van der Waals surface area contributed by atoms with Crippen LogP contribution in [0, 0.1) is 0 Å². The Morgan fingerprint density at radius 2 is 2.00 bits per heavy atom. The zero-order valence-corrected chi connectivity index (χ0v) is 19.4. The Morgan fingerprint density at radius 1 is 1.30 bits per heavy atom. The molecule has 0 unspecified atom stereocenters. The minimum atomic E-state index is -0.0921. The lowest BCUT2D eigenvalue weighted by Gasteiger charge is -2.36. The van der Waals surface area contributed by atoms with E-state index in [1.54, 1.807) is 19.2 Å². The van der Waals surface area contributed by atoms with Crippen LogP contribution in [-0.2, 0) is 0 Å². The molecular formula is C24H39N3O3. The maximum Gasteiger partial charge on any atom is 0.251 e. The molecule has 1 aliphatic rings. The minimum absolute atomic E-state index is 0.0921. The third kappa shape index (κ3) is 7.65. The first-order chi connectivity index (χ1) is 14.3. The Labute approximate surface area is 182 Å². The molecule has 1 heterocycles. The van der Waals surface area contributed by atoms with Gasteiger partial charge in [-0.3, -0.25) is 4.79 Å². The van der Waals surface area contributed by atoms with E-state index in [1.807, 2.05) is 25.1 Å². The van der Waals surface area contributed by atoms with Crippen molar-refractivity contribution in [1.29, 1.82) is 0 Å². The van der Waals surface area contributed by atoms with Gasteiger partial charge in [-0.05, 0) is 71.8 Å². The van der Waals surface area contributed by atoms with E-state index < -0.39 is 0 Å². The monoisotopic (exact) mass is 417 g/mol. The van der Waals surface area contributed by atoms with Crippen molar-refractivity contribution >= 4 is 5.91 Å². The van der Waals surface area contributed by atoms with Crippen molar-refractivity contribution in [3.05, 3.63) is 35.9 Å². The molecule has 2 rings (SSSR count). The van der Waals surface area contributed by atoms with E-state index >= 15 is 0 Å². The Morgan fingerprint density at radius 3 is 2.60 bits per heavy atom. The predicted molar refractivity (Wildman–Crippen MR) is 123 cm³/mol. The fourth-order valence-electron chi connectivity index (χ4n) is 3.66. The van der Waals surface area contributed by atoms with Crippen molar-refractivity contribution in [3.8, 4) is 11.5 Å². The molecule has 0 aromatic heterocycles. The summed E-state index contributed by atoms with van der Waals surface area (Å²) in [6, 6.07) is 5.95. The number of likely N-dealkylation sites (tertiary alicyclic amines) is 1. The zero-order valence-electron chi connectivity index (χ0n) is 19.4. The number of allylic oxidation sites excluding steroid dienone is 1. The molecule has 1 fully saturated rings. The standard InChI is InChI=1S/C24H39N3O3/c1-18(2)7-8-19(3)27-14-11-21(12-15-27)30-23-17-20(9-10-22(23)29-6)24(28)25-13-16-26(4)5/h9-10,17,19,21H,1,7-8,11-16H2,2-6H3,(H,25,28)/t19-/m0/s1. The molecule has 168 valence electrons. The number of carbonyl (C=O) groups is 1. The van der Waals surface area contributed by atoms with Gasteiger partial charge in [-0.25, -0.2) is 0 Å². The number of hydrogen-bond donors (Lipinski definition) is 1. The van der Waals surface area contributed by atoms with Crippen LogP contribution in [0.15, 0.2) is 30.4 Å². The molecule has 1 aliphatic heterocycles. The zero-order chi connectivity index (χ0) is 22.1. The van der Waals surface area contributed by atoms with Crippen LogP contribution in [0.3, 0.4) is 0 Å². The van der Waals surface area contributed by atoms with E-state index in [1.165, 1.54) is 5.57 Å². The second-order valence-corrected chi connectivity index (χ2v) is 8.62. The summed E-state index contributed by atoms with van der Waals surface area (Å²) in [6.07, 6.45) is 4.31. The minimum Gasteiger partial charge on any atom is -0.493 e. The van der Waals surface area contributed by atoms with Crippen molar-refractivity contribution in [2.45, 2.75) is 51.7 Å². The number of hydrogen-bond acceptors (Lipinski definition) is 5. The van der Waals surface area contributed by atoms with Crippen LogP contribution in [0.5, 0.6) is 11.5 Å².